The van der Waals surface area contributed by atoms with Crippen molar-refractivity contribution < 1.29 is 9.53 Å². The van der Waals surface area contributed by atoms with Crippen LogP contribution in [0.3, 0.4) is 0 Å². The van der Waals surface area contributed by atoms with Crippen LogP contribution in [0.5, 0.6) is 0 Å². The highest BCUT2D eigenvalue weighted by Crippen LogP contribution is 2.28. The molecule has 1 fully saturated rings. The average Bonchev–Trinajstić information content (AvgIpc) is 3.15. The molecule has 182 valence electrons. The second-order valence-electron chi connectivity index (χ2n) is 9.78. The third-order valence-corrected chi connectivity index (χ3v) is 5.72. The lowest BCUT2D eigenvalue weighted by atomic mass is 10.2. The molecule has 10 nitrogen and oxygen atoms in total. The lowest BCUT2D eigenvalue weighted by Gasteiger charge is -2.36. The number of rotatable bonds is 4. The van der Waals surface area contributed by atoms with E-state index in [1.807, 2.05) is 58.0 Å². The Hall–Kier alpha value is -3.56. The van der Waals surface area contributed by atoms with Gasteiger partial charge in [-0.15, -0.1) is 5.10 Å². The zero-order valence-corrected chi connectivity index (χ0v) is 20.8. The van der Waals surface area contributed by atoms with Crippen LogP contribution in [-0.4, -0.2) is 76.2 Å². The lowest BCUT2D eigenvalue weighted by molar-refractivity contribution is 0.0240. The van der Waals surface area contributed by atoms with Crippen molar-refractivity contribution in [3.63, 3.8) is 0 Å². The van der Waals surface area contributed by atoms with Crippen molar-refractivity contribution in [2.45, 2.75) is 32.9 Å². The topological polar surface area (TPSA) is 88.7 Å². The van der Waals surface area contributed by atoms with Gasteiger partial charge in [0, 0.05) is 47.3 Å². The van der Waals surface area contributed by atoms with E-state index >= 15 is 0 Å². The van der Waals surface area contributed by atoms with E-state index in [1.54, 1.807) is 11.9 Å². The van der Waals surface area contributed by atoms with Gasteiger partial charge < -0.3 is 24.0 Å². The number of nitrogens with zero attached hydrogens (tertiary/aromatic N) is 7. The monoisotopic (exact) mass is 467 g/mol. The van der Waals surface area contributed by atoms with Crippen LogP contribution in [0.1, 0.15) is 26.3 Å². The van der Waals surface area contributed by atoms with Crippen LogP contribution in [0, 0.1) is 0 Å². The summed E-state index contributed by atoms with van der Waals surface area (Å²) in [4.78, 5) is 36.1. The lowest BCUT2D eigenvalue weighted by Crippen LogP contribution is -2.50. The van der Waals surface area contributed by atoms with Gasteiger partial charge in [-0.2, -0.15) is 0 Å². The standard InChI is InChI=1S/C24H33N7O3/c1-24(2,3)34-23(33)30-14-12-29(13-15-30)22-25-18-19(20(27(4)5)26-28(6)21(18)32)31(22)16-17-10-8-7-9-11-17/h7-11H,12-16H2,1-6H3. The Labute approximate surface area is 199 Å². The van der Waals surface area contributed by atoms with Crippen LogP contribution in [-0.2, 0) is 18.3 Å². The van der Waals surface area contributed by atoms with Crippen LogP contribution in [0.25, 0.3) is 11.0 Å². The van der Waals surface area contributed by atoms with Gasteiger partial charge in [0.05, 0.1) is 6.54 Å². The number of imidazole rings is 1. The highest BCUT2D eigenvalue weighted by Gasteiger charge is 2.29. The van der Waals surface area contributed by atoms with Crippen molar-refractivity contribution in [3.8, 4) is 0 Å². The molecule has 1 aliphatic rings. The minimum absolute atomic E-state index is 0.235. The van der Waals surface area contributed by atoms with Crippen molar-refractivity contribution in [2.24, 2.45) is 7.05 Å². The van der Waals surface area contributed by atoms with Gasteiger partial charge in [-0.3, -0.25) is 4.79 Å². The van der Waals surface area contributed by atoms with E-state index in [4.69, 9.17) is 9.72 Å². The summed E-state index contributed by atoms with van der Waals surface area (Å²) in [5.41, 5.74) is 1.43. The molecule has 3 heterocycles. The van der Waals surface area contributed by atoms with E-state index in [2.05, 4.69) is 26.7 Å². The predicted octanol–water partition coefficient (Wildman–Crippen LogP) is 2.30. The zero-order chi connectivity index (χ0) is 24.6. The molecular weight excluding hydrogens is 434 g/mol. The van der Waals surface area contributed by atoms with Crippen LogP contribution < -0.4 is 15.4 Å². The fourth-order valence-corrected chi connectivity index (χ4v) is 4.08. The van der Waals surface area contributed by atoms with E-state index in [9.17, 15) is 9.59 Å². The molecule has 4 rings (SSSR count). The second-order valence-corrected chi connectivity index (χ2v) is 9.78. The maximum absolute atomic E-state index is 13.0. The first-order valence-corrected chi connectivity index (χ1v) is 11.5. The molecule has 0 unspecified atom stereocenters. The molecule has 1 aliphatic heterocycles. The molecule has 1 saturated heterocycles. The molecule has 10 heteroatoms. The number of aromatic nitrogens is 4. The van der Waals surface area contributed by atoms with Crippen LogP contribution in [0.2, 0.25) is 0 Å². The summed E-state index contributed by atoms with van der Waals surface area (Å²) < 4.78 is 8.93. The Bertz CT molecular complexity index is 1230. The van der Waals surface area contributed by atoms with Gasteiger partial charge in [0.25, 0.3) is 5.56 Å². The summed E-state index contributed by atoms with van der Waals surface area (Å²) in [5, 5.41) is 4.51. The Morgan fingerprint density at radius 1 is 1.09 bits per heavy atom. The normalized spacial score (nSPS) is 14.5. The number of carbonyl (C=O) groups is 1. The van der Waals surface area contributed by atoms with Crippen molar-refractivity contribution >= 4 is 28.9 Å². The average molecular weight is 468 g/mol. The molecule has 0 bridgehead atoms. The first kappa shape index (κ1) is 23.6. The predicted molar refractivity (Wildman–Crippen MR) is 133 cm³/mol. The second kappa shape index (κ2) is 9.00. The largest absolute Gasteiger partial charge is 0.444 e. The van der Waals surface area contributed by atoms with Crippen molar-refractivity contribution in [3.05, 3.63) is 46.2 Å². The maximum Gasteiger partial charge on any atom is 0.410 e. The van der Waals surface area contributed by atoms with Gasteiger partial charge in [0.15, 0.2) is 11.3 Å². The van der Waals surface area contributed by atoms with Crippen molar-refractivity contribution in [1.82, 2.24) is 24.2 Å². The summed E-state index contributed by atoms with van der Waals surface area (Å²) in [5.74, 6) is 1.38. The van der Waals surface area contributed by atoms with E-state index in [0.29, 0.717) is 55.5 Å². The molecule has 0 saturated carbocycles. The summed E-state index contributed by atoms with van der Waals surface area (Å²) in [7, 11) is 5.46. The molecule has 3 aromatic rings. The Kier molecular flexibility index (Phi) is 6.24. The first-order chi connectivity index (χ1) is 16.0. The molecule has 0 N–H and O–H groups in total. The van der Waals surface area contributed by atoms with E-state index in [0.717, 1.165) is 5.56 Å². The van der Waals surface area contributed by atoms with Gasteiger partial charge >= 0.3 is 6.09 Å². The molecule has 34 heavy (non-hydrogen) atoms. The molecule has 0 aliphatic carbocycles. The van der Waals surface area contributed by atoms with Crippen LogP contribution in [0.4, 0.5) is 16.6 Å². The molecule has 1 amide bonds. The van der Waals surface area contributed by atoms with Gasteiger partial charge in [0.2, 0.25) is 5.95 Å². The summed E-state index contributed by atoms with van der Waals surface area (Å²) in [6.07, 6.45) is -0.307. The van der Waals surface area contributed by atoms with E-state index in [-0.39, 0.29) is 11.7 Å². The number of hydrogen-bond donors (Lipinski definition) is 0. The number of aryl methyl sites for hydroxylation is 1. The van der Waals surface area contributed by atoms with Crippen molar-refractivity contribution in [1.29, 1.82) is 0 Å². The zero-order valence-electron chi connectivity index (χ0n) is 20.8. The summed E-state index contributed by atoms with van der Waals surface area (Å²) in [6, 6.07) is 10.1. The first-order valence-electron chi connectivity index (χ1n) is 11.5. The smallest absolute Gasteiger partial charge is 0.410 e. The summed E-state index contributed by atoms with van der Waals surface area (Å²) >= 11 is 0. The fourth-order valence-electron chi connectivity index (χ4n) is 4.08. The summed E-state index contributed by atoms with van der Waals surface area (Å²) in [6.45, 7) is 8.35. The van der Waals surface area contributed by atoms with Gasteiger partial charge in [0.1, 0.15) is 11.1 Å². The Balaban J connectivity index is 1.73. The van der Waals surface area contributed by atoms with Crippen LogP contribution >= 0.6 is 0 Å². The van der Waals surface area contributed by atoms with Gasteiger partial charge in [-0.05, 0) is 26.3 Å². The highest BCUT2D eigenvalue weighted by molar-refractivity contribution is 5.88. The quantitative estimate of drug-likeness (QED) is 0.582. The number of piperazine rings is 1. The third kappa shape index (κ3) is 4.71. The Morgan fingerprint density at radius 2 is 1.74 bits per heavy atom. The maximum atomic E-state index is 13.0. The Morgan fingerprint density at radius 3 is 2.32 bits per heavy atom. The minimum atomic E-state index is -0.534. The molecule has 1 aromatic carbocycles. The number of amides is 1. The number of anilines is 2. The number of hydrogen-bond acceptors (Lipinski definition) is 7. The molecule has 0 radical (unpaired) electrons. The fraction of sp³-hybridized carbons (Fsp3) is 0.500. The molecule has 2 aromatic heterocycles. The molecule has 0 atom stereocenters. The highest BCUT2D eigenvalue weighted by atomic mass is 16.6. The van der Waals surface area contributed by atoms with E-state index in [1.165, 1.54) is 4.68 Å². The SMILES string of the molecule is CN(C)c1nn(C)c(=O)c2nc(N3CCN(C(=O)OC(C)(C)C)CC3)n(Cc3ccccc3)c12. The number of ether oxygens (including phenoxy) is 1. The third-order valence-electron chi connectivity index (χ3n) is 5.72. The van der Waals surface area contributed by atoms with Gasteiger partial charge in [-0.25, -0.2) is 14.5 Å². The van der Waals surface area contributed by atoms with Crippen LogP contribution in [0.15, 0.2) is 35.1 Å². The minimum Gasteiger partial charge on any atom is -0.444 e. The number of fused-ring (bicyclic) bond motifs is 1. The number of benzene rings is 1. The van der Waals surface area contributed by atoms with Crippen molar-refractivity contribution in [2.75, 3.05) is 50.1 Å². The van der Waals surface area contributed by atoms with E-state index < -0.39 is 5.60 Å². The number of carbonyl (C=O) groups excluding carboxylic acids is 1. The van der Waals surface area contributed by atoms with Gasteiger partial charge in [-0.1, -0.05) is 30.3 Å². The molecular formula is C24H33N7O3. The molecule has 0 spiro atoms.